The quantitative estimate of drug-likeness (QED) is 0.298. The Labute approximate surface area is 218 Å². The lowest BCUT2D eigenvalue weighted by atomic mass is 10.0. The molecule has 12 nitrogen and oxygen atoms in total. The van der Waals surface area contributed by atoms with E-state index in [-0.39, 0.29) is 16.9 Å². The number of rotatable bonds is 7. The van der Waals surface area contributed by atoms with Gasteiger partial charge in [-0.15, -0.1) is 0 Å². The predicted molar refractivity (Wildman–Crippen MR) is 140 cm³/mol. The third-order valence-corrected chi connectivity index (χ3v) is 6.98. The number of anilines is 3. The first-order valence-corrected chi connectivity index (χ1v) is 13.9. The van der Waals surface area contributed by atoms with Crippen LogP contribution in [0.3, 0.4) is 0 Å². The van der Waals surface area contributed by atoms with E-state index in [9.17, 15) is 8.42 Å². The summed E-state index contributed by atoms with van der Waals surface area (Å²) in [6.07, 6.45) is 6.09. The van der Waals surface area contributed by atoms with Crippen molar-refractivity contribution in [3.05, 3.63) is 47.4 Å². The molecule has 37 heavy (non-hydrogen) atoms. The largest absolute Gasteiger partial charge is 0.379 e. The molecule has 4 aromatic heterocycles. The molecule has 1 aliphatic heterocycles. The van der Waals surface area contributed by atoms with Crippen LogP contribution in [0.25, 0.3) is 22.4 Å². The summed E-state index contributed by atoms with van der Waals surface area (Å²) in [4.78, 5) is 26.7. The van der Waals surface area contributed by atoms with Gasteiger partial charge in [0.2, 0.25) is 15.8 Å². The third-order valence-electron chi connectivity index (χ3n) is 6.08. The van der Waals surface area contributed by atoms with Gasteiger partial charge in [-0.25, -0.2) is 28.4 Å². The highest BCUT2D eigenvalue weighted by molar-refractivity contribution is 7.92. The van der Waals surface area contributed by atoms with Crippen molar-refractivity contribution in [1.82, 2.24) is 29.8 Å². The lowest BCUT2D eigenvalue weighted by Gasteiger charge is -2.32. The lowest BCUT2D eigenvalue weighted by molar-refractivity contribution is -0.347. The molecule has 0 bridgehead atoms. The van der Waals surface area contributed by atoms with Crippen LogP contribution in [0.15, 0.2) is 30.9 Å². The number of fused-ring (bicyclic) bond motifs is 1. The summed E-state index contributed by atoms with van der Waals surface area (Å²) in [6, 6.07) is 3.74. The third kappa shape index (κ3) is 5.64. The number of aromatic nitrogens is 6. The molecule has 1 fully saturated rings. The number of H-pyrrole nitrogens is 2. The Balaban J connectivity index is 1.59. The van der Waals surface area contributed by atoms with Crippen LogP contribution in [-0.2, 0) is 14.8 Å². The van der Waals surface area contributed by atoms with Crippen molar-refractivity contribution in [2.45, 2.75) is 19.9 Å². The maximum absolute atomic E-state index is 11.8. The topological polar surface area (TPSA) is 152 Å². The van der Waals surface area contributed by atoms with Gasteiger partial charge in [0.25, 0.3) is 0 Å². The molecular weight excluding hydrogens is 518 g/mol. The summed E-state index contributed by atoms with van der Waals surface area (Å²) in [5.74, 6) is 1.12. The van der Waals surface area contributed by atoms with Crippen molar-refractivity contribution in [2.24, 2.45) is 0 Å². The Kier molecular flexibility index (Phi) is 6.94. The summed E-state index contributed by atoms with van der Waals surface area (Å²) < 4.78 is 31.4. The predicted octanol–water partition coefficient (Wildman–Crippen LogP) is 2.70. The fourth-order valence-corrected chi connectivity index (χ4v) is 5.04. The minimum Gasteiger partial charge on any atom is -0.379 e. The van der Waals surface area contributed by atoms with Crippen molar-refractivity contribution in [3.63, 3.8) is 0 Å². The van der Waals surface area contributed by atoms with Crippen molar-refractivity contribution in [3.8, 4) is 11.3 Å². The van der Waals surface area contributed by atoms with Crippen LogP contribution in [0.5, 0.6) is 0 Å². The van der Waals surface area contributed by atoms with Crippen molar-refractivity contribution in [1.29, 1.82) is 0 Å². The van der Waals surface area contributed by atoms with Gasteiger partial charge in [0.15, 0.2) is 17.0 Å². The monoisotopic (exact) mass is 544 g/mol. The summed E-state index contributed by atoms with van der Waals surface area (Å²) in [7, 11) is -3.55. The van der Waals surface area contributed by atoms with Crippen molar-refractivity contribution < 1.29 is 18.1 Å². The maximum Gasteiger partial charge on any atom is 0.303 e. The van der Waals surface area contributed by atoms with Gasteiger partial charge in [0.1, 0.15) is 11.5 Å². The number of pyridine rings is 2. The standard InChI is InChI=1S/C23H26ClN9O3S/c1-13(33-4-6-36-7-5-33)15-8-17(19-20-23(28-12-27-20)30-14(2)29-19)22(26-10-15)31-16-9-18(21(24)25-11-16)32-37(3,34)35/h8-13,32H,4-7H2,1-3H3,(H,26,31)(H,27,28,29,30)/p+1. The van der Waals surface area contributed by atoms with E-state index in [1.54, 1.807) is 12.4 Å². The minimum atomic E-state index is -3.55. The molecule has 14 heteroatoms. The molecule has 0 saturated carbocycles. The molecule has 0 radical (unpaired) electrons. The van der Waals surface area contributed by atoms with Gasteiger partial charge in [-0.3, -0.25) is 14.6 Å². The number of aromatic amines is 2. The molecule has 1 unspecified atom stereocenters. The zero-order valence-electron chi connectivity index (χ0n) is 20.5. The first-order valence-electron chi connectivity index (χ1n) is 11.6. The van der Waals surface area contributed by atoms with Gasteiger partial charge in [0.05, 0.1) is 37.0 Å². The molecule has 1 atom stereocenters. The lowest BCUT2D eigenvalue weighted by Crippen LogP contribution is -2.38. The van der Waals surface area contributed by atoms with Crippen LogP contribution in [0.1, 0.15) is 24.4 Å². The fraction of sp³-hybridized carbons (Fsp3) is 0.348. The maximum atomic E-state index is 11.8. The molecule has 0 aliphatic carbocycles. The minimum absolute atomic E-state index is 0.0360. The SMILES string of the molecule is Cc1nc(-c2cc(C(C)N3CCOCC3)cnc2Nc2cnc(Cl)c(NS(C)(=O)=O)c2)c2[nH]c[nH+]c2n1. The van der Waals surface area contributed by atoms with Gasteiger partial charge < -0.3 is 10.1 Å². The van der Waals surface area contributed by atoms with Crippen LogP contribution in [0.4, 0.5) is 17.2 Å². The van der Waals surface area contributed by atoms with E-state index < -0.39 is 10.0 Å². The van der Waals surface area contributed by atoms with E-state index in [4.69, 9.17) is 26.3 Å². The number of nitrogens with one attached hydrogen (secondary N) is 4. The highest BCUT2D eigenvalue weighted by Crippen LogP contribution is 2.35. The van der Waals surface area contributed by atoms with Crippen LogP contribution < -0.4 is 15.0 Å². The molecule has 5 rings (SSSR count). The Bertz CT molecular complexity index is 1550. The van der Waals surface area contributed by atoms with E-state index >= 15 is 0 Å². The number of halogens is 1. The number of morpholine rings is 1. The highest BCUT2D eigenvalue weighted by atomic mass is 35.5. The molecule has 1 saturated heterocycles. The van der Waals surface area contributed by atoms with Crippen LogP contribution in [0.2, 0.25) is 5.15 Å². The molecule has 0 aromatic carbocycles. The fourth-order valence-electron chi connectivity index (χ4n) is 4.27. The number of sulfonamides is 1. The number of aryl methyl sites for hydroxylation is 1. The van der Waals surface area contributed by atoms with Gasteiger partial charge in [-0.05, 0) is 24.6 Å². The van der Waals surface area contributed by atoms with E-state index in [1.807, 2.05) is 13.1 Å². The number of imidazole rings is 1. The Hall–Kier alpha value is -3.39. The smallest absolute Gasteiger partial charge is 0.303 e. The summed E-state index contributed by atoms with van der Waals surface area (Å²) in [6.45, 7) is 7.05. The van der Waals surface area contributed by atoms with E-state index in [0.717, 1.165) is 36.0 Å². The molecular formula is C23H27ClN9O3S+. The zero-order chi connectivity index (χ0) is 26.2. The molecule has 194 valence electrons. The molecule has 1 aliphatic rings. The Morgan fingerprint density at radius 2 is 1.97 bits per heavy atom. The Morgan fingerprint density at radius 3 is 2.73 bits per heavy atom. The van der Waals surface area contributed by atoms with E-state index in [0.29, 0.717) is 41.9 Å². The molecule has 0 amide bonds. The second kappa shape index (κ2) is 10.2. The molecule has 0 spiro atoms. The second-order valence-electron chi connectivity index (χ2n) is 8.83. The van der Waals surface area contributed by atoms with Gasteiger partial charge in [-0.2, -0.15) is 0 Å². The van der Waals surface area contributed by atoms with Gasteiger partial charge in [0, 0.05) is 37.8 Å². The van der Waals surface area contributed by atoms with E-state index in [2.05, 4.69) is 47.9 Å². The van der Waals surface area contributed by atoms with Crippen LogP contribution >= 0.6 is 11.6 Å². The van der Waals surface area contributed by atoms with Crippen LogP contribution in [0, 0.1) is 6.92 Å². The van der Waals surface area contributed by atoms with Crippen molar-refractivity contribution in [2.75, 3.05) is 42.6 Å². The van der Waals surface area contributed by atoms with E-state index in [1.165, 1.54) is 6.20 Å². The van der Waals surface area contributed by atoms with Crippen LogP contribution in [-0.4, -0.2) is 70.8 Å². The van der Waals surface area contributed by atoms with Gasteiger partial charge in [-0.1, -0.05) is 16.6 Å². The number of nitrogens with zero attached hydrogens (tertiary/aromatic N) is 5. The van der Waals surface area contributed by atoms with Gasteiger partial charge >= 0.3 is 5.65 Å². The highest BCUT2D eigenvalue weighted by Gasteiger charge is 2.24. The summed E-state index contributed by atoms with van der Waals surface area (Å²) in [5, 5.41) is 3.30. The number of hydrogen-bond donors (Lipinski definition) is 3. The first-order chi connectivity index (χ1) is 17.7. The molecule has 4 aromatic rings. The average Bonchev–Trinajstić information content (AvgIpc) is 3.33. The Morgan fingerprint density at radius 1 is 1.19 bits per heavy atom. The molecule has 5 heterocycles. The van der Waals surface area contributed by atoms with Crippen molar-refractivity contribution >= 4 is 50.0 Å². The summed E-state index contributed by atoms with van der Waals surface area (Å²) >= 11 is 6.11. The summed E-state index contributed by atoms with van der Waals surface area (Å²) in [5.41, 5.74) is 4.51. The second-order valence-corrected chi connectivity index (χ2v) is 10.9. The average molecular weight is 545 g/mol. The molecule has 4 N–H and O–H groups in total. The zero-order valence-corrected chi connectivity index (χ0v) is 22.1. The number of hydrogen-bond acceptors (Lipinski definition) is 9. The number of ether oxygens (including phenoxy) is 1. The first kappa shape index (κ1) is 25.3. The normalized spacial score (nSPS) is 15.6.